The van der Waals surface area contributed by atoms with Crippen LogP contribution in [0.4, 0.5) is 0 Å². The van der Waals surface area contributed by atoms with E-state index in [0.717, 1.165) is 11.1 Å². The monoisotopic (exact) mass is 263 g/mol. The van der Waals surface area contributed by atoms with Gasteiger partial charge in [-0.05, 0) is 38.8 Å². The number of hydrogen-bond acceptors (Lipinski definition) is 3. The highest BCUT2D eigenvalue weighted by molar-refractivity contribution is 6.01. The molecule has 1 N–H and O–H groups in total. The first-order valence-corrected chi connectivity index (χ1v) is 6.22. The molecule has 0 spiro atoms. The minimum atomic E-state index is -1.17. The van der Waals surface area contributed by atoms with Gasteiger partial charge in [0.25, 0.3) is 0 Å². The predicted octanol–water partition coefficient (Wildman–Crippen LogP) is 2.12. The first-order valence-electron chi connectivity index (χ1n) is 6.22. The maximum Gasteiger partial charge on any atom is 0.320 e. The van der Waals surface area contributed by atoms with E-state index in [1.807, 2.05) is 26.0 Å². The van der Waals surface area contributed by atoms with Crippen LogP contribution < -0.4 is 5.32 Å². The Morgan fingerprint density at radius 2 is 1.89 bits per heavy atom. The molecule has 0 heterocycles. The minimum absolute atomic E-state index is 0.334. The van der Waals surface area contributed by atoms with Crippen molar-refractivity contribution in [3.8, 4) is 0 Å². The predicted molar refractivity (Wildman–Crippen MR) is 73.6 cm³/mol. The van der Waals surface area contributed by atoms with Gasteiger partial charge in [-0.1, -0.05) is 23.8 Å². The number of amides is 1. The summed E-state index contributed by atoms with van der Waals surface area (Å²) in [6.45, 7) is 7.54. The fourth-order valence-corrected chi connectivity index (χ4v) is 1.79. The maximum atomic E-state index is 12.0. The molecule has 0 saturated heterocycles. The lowest BCUT2D eigenvalue weighted by atomic mass is 9.92. The molecule has 0 saturated carbocycles. The van der Waals surface area contributed by atoms with Crippen molar-refractivity contribution in [1.29, 1.82) is 0 Å². The Morgan fingerprint density at radius 1 is 1.26 bits per heavy atom. The Labute approximate surface area is 114 Å². The van der Waals surface area contributed by atoms with Gasteiger partial charge in [-0.15, -0.1) is 0 Å². The fourth-order valence-electron chi connectivity index (χ4n) is 1.79. The minimum Gasteiger partial charge on any atom is -0.468 e. The zero-order valence-corrected chi connectivity index (χ0v) is 12.2. The van der Waals surface area contributed by atoms with Gasteiger partial charge in [-0.25, -0.2) is 0 Å². The van der Waals surface area contributed by atoms with Gasteiger partial charge in [0, 0.05) is 6.54 Å². The molecule has 0 aliphatic carbocycles. The van der Waals surface area contributed by atoms with Gasteiger partial charge in [-0.2, -0.15) is 0 Å². The second-order valence-electron chi connectivity index (χ2n) is 5.23. The molecule has 0 radical (unpaired) electrons. The number of methoxy groups -OCH3 is 1. The number of ether oxygens (including phenoxy) is 1. The third kappa shape index (κ3) is 3.56. The summed E-state index contributed by atoms with van der Waals surface area (Å²) in [5, 5.41) is 2.77. The van der Waals surface area contributed by atoms with Crippen LogP contribution in [0.15, 0.2) is 18.2 Å². The normalized spacial score (nSPS) is 11.0. The van der Waals surface area contributed by atoms with E-state index in [-0.39, 0.29) is 5.91 Å². The lowest BCUT2D eigenvalue weighted by Gasteiger charge is -2.20. The van der Waals surface area contributed by atoms with E-state index in [0.29, 0.717) is 6.54 Å². The molecule has 0 aliphatic rings. The molecule has 4 nitrogen and oxygen atoms in total. The number of hydrogen-bond donors (Lipinski definition) is 1. The smallest absolute Gasteiger partial charge is 0.320 e. The van der Waals surface area contributed by atoms with Crippen LogP contribution in [0, 0.1) is 19.3 Å². The van der Waals surface area contributed by atoms with Crippen LogP contribution in [-0.4, -0.2) is 19.0 Å². The zero-order chi connectivity index (χ0) is 14.6. The molecule has 0 aliphatic heterocycles. The second-order valence-corrected chi connectivity index (χ2v) is 5.23. The second kappa shape index (κ2) is 5.87. The highest BCUT2D eigenvalue weighted by Gasteiger charge is 2.36. The number of benzene rings is 1. The van der Waals surface area contributed by atoms with Gasteiger partial charge in [0.2, 0.25) is 5.91 Å². The molecule has 0 unspecified atom stereocenters. The molecule has 19 heavy (non-hydrogen) atoms. The van der Waals surface area contributed by atoms with Crippen LogP contribution in [0.25, 0.3) is 0 Å². The molecule has 0 fully saturated rings. The number of esters is 1. The summed E-state index contributed by atoms with van der Waals surface area (Å²) in [6, 6.07) is 6.04. The van der Waals surface area contributed by atoms with E-state index in [1.165, 1.54) is 12.7 Å². The van der Waals surface area contributed by atoms with Crippen molar-refractivity contribution >= 4 is 11.9 Å². The number of carbonyl (C=O) groups excluding carboxylic acids is 2. The fraction of sp³-hybridized carbons (Fsp3) is 0.467. The molecular formula is C15H21NO3. The first-order chi connectivity index (χ1) is 8.78. The van der Waals surface area contributed by atoms with E-state index in [9.17, 15) is 9.59 Å². The van der Waals surface area contributed by atoms with Gasteiger partial charge in [0.05, 0.1) is 7.11 Å². The number of nitrogens with one attached hydrogen (secondary N) is 1. The highest BCUT2D eigenvalue weighted by Crippen LogP contribution is 2.18. The molecule has 104 valence electrons. The summed E-state index contributed by atoms with van der Waals surface area (Å²) in [5.41, 5.74) is 2.17. The van der Waals surface area contributed by atoms with Crippen LogP contribution in [0.3, 0.4) is 0 Å². The number of aryl methyl sites for hydroxylation is 2. The molecule has 1 aromatic carbocycles. The van der Waals surface area contributed by atoms with Crippen molar-refractivity contribution in [3.05, 3.63) is 34.9 Å². The summed E-state index contributed by atoms with van der Waals surface area (Å²) in [4.78, 5) is 23.5. The Kier molecular flexibility index (Phi) is 4.70. The van der Waals surface area contributed by atoms with Gasteiger partial charge in [0.1, 0.15) is 5.41 Å². The lowest BCUT2D eigenvalue weighted by Crippen LogP contribution is -2.42. The van der Waals surface area contributed by atoms with E-state index < -0.39 is 11.4 Å². The van der Waals surface area contributed by atoms with Gasteiger partial charge < -0.3 is 10.1 Å². The van der Waals surface area contributed by atoms with Crippen LogP contribution in [-0.2, 0) is 20.9 Å². The van der Waals surface area contributed by atoms with Gasteiger partial charge >= 0.3 is 5.97 Å². The molecule has 0 atom stereocenters. The maximum absolute atomic E-state index is 12.0. The topological polar surface area (TPSA) is 55.4 Å². The van der Waals surface area contributed by atoms with E-state index in [2.05, 4.69) is 16.1 Å². The Morgan fingerprint density at radius 3 is 2.42 bits per heavy atom. The van der Waals surface area contributed by atoms with Crippen molar-refractivity contribution in [1.82, 2.24) is 5.32 Å². The van der Waals surface area contributed by atoms with E-state index in [1.54, 1.807) is 13.8 Å². The summed E-state index contributed by atoms with van der Waals surface area (Å²) in [6.07, 6.45) is 0. The van der Waals surface area contributed by atoms with Crippen molar-refractivity contribution < 1.29 is 14.3 Å². The highest BCUT2D eigenvalue weighted by atomic mass is 16.5. The molecule has 1 amide bonds. The van der Waals surface area contributed by atoms with E-state index >= 15 is 0 Å². The van der Waals surface area contributed by atoms with Gasteiger partial charge in [-0.3, -0.25) is 9.59 Å². The molecule has 4 heteroatoms. The average Bonchev–Trinajstić information content (AvgIpc) is 2.36. The molecule has 1 rings (SSSR count). The van der Waals surface area contributed by atoms with E-state index in [4.69, 9.17) is 0 Å². The van der Waals surface area contributed by atoms with Crippen LogP contribution in [0.1, 0.15) is 30.5 Å². The van der Waals surface area contributed by atoms with Crippen LogP contribution in [0.5, 0.6) is 0 Å². The Balaban J connectivity index is 2.71. The quantitative estimate of drug-likeness (QED) is 0.668. The lowest BCUT2D eigenvalue weighted by molar-refractivity contribution is -0.156. The van der Waals surface area contributed by atoms with Crippen LogP contribution >= 0.6 is 0 Å². The van der Waals surface area contributed by atoms with Crippen molar-refractivity contribution in [2.24, 2.45) is 5.41 Å². The van der Waals surface area contributed by atoms with Gasteiger partial charge in [0.15, 0.2) is 0 Å². The summed E-state index contributed by atoms with van der Waals surface area (Å²) in [5.74, 6) is -0.870. The van der Waals surface area contributed by atoms with Crippen molar-refractivity contribution in [3.63, 3.8) is 0 Å². The molecule has 0 bridgehead atoms. The largest absolute Gasteiger partial charge is 0.468 e. The Hall–Kier alpha value is -1.84. The summed E-state index contributed by atoms with van der Waals surface area (Å²) < 4.78 is 4.63. The van der Waals surface area contributed by atoms with Crippen molar-refractivity contribution in [2.45, 2.75) is 34.2 Å². The first kappa shape index (κ1) is 15.2. The molecular weight excluding hydrogens is 242 g/mol. The standard InChI is InChI=1S/C15H21NO3/c1-10-6-7-12(11(2)8-10)9-16-13(17)15(3,4)14(18)19-5/h6-8H,9H2,1-5H3,(H,16,17). The Bertz CT molecular complexity index is 492. The average molecular weight is 263 g/mol. The number of rotatable bonds is 4. The molecule has 1 aromatic rings. The summed E-state index contributed by atoms with van der Waals surface area (Å²) in [7, 11) is 1.28. The third-order valence-corrected chi connectivity index (χ3v) is 3.20. The van der Waals surface area contributed by atoms with Crippen LogP contribution in [0.2, 0.25) is 0 Å². The third-order valence-electron chi connectivity index (χ3n) is 3.20. The number of carbonyl (C=O) groups is 2. The summed E-state index contributed by atoms with van der Waals surface area (Å²) >= 11 is 0. The van der Waals surface area contributed by atoms with Crippen molar-refractivity contribution in [2.75, 3.05) is 7.11 Å². The molecule has 0 aromatic heterocycles. The SMILES string of the molecule is COC(=O)C(C)(C)C(=O)NCc1ccc(C)cc1C. The zero-order valence-electron chi connectivity index (χ0n) is 12.2.